The molecule has 0 bridgehead atoms. The smallest absolute Gasteiger partial charge is 0.338 e. The normalized spacial score (nSPS) is 15.8. The van der Waals surface area contributed by atoms with Crippen molar-refractivity contribution in [1.82, 2.24) is 4.57 Å². The van der Waals surface area contributed by atoms with E-state index in [1.165, 1.54) is 11.3 Å². The summed E-state index contributed by atoms with van der Waals surface area (Å²) in [6.45, 7) is 3.71. The summed E-state index contributed by atoms with van der Waals surface area (Å²) in [7, 11) is 1.58. The van der Waals surface area contributed by atoms with Crippen LogP contribution in [0.25, 0.3) is 6.08 Å². The summed E-state index contributed by atoms with van der Waals surface area (Å²) < 4.78 is 13.6. The van der Waals surface area contributed by atoms with Crippen molar-refractivity contribution in [3.8, 4) is 5.75 Å². The largest absolute Gasteiger partial charge is 0.496 e. The average Bonchev–Trinajstić information content (AvgIpc) is 3.08. The number of thiazole rings is 1. The second-order valence-electron chi connectivity index (χ2n) is 7.24. The number of nitrogens with zero attached hydrogens (tertiary/aromatic N) is 2. The maximum Gasteiger partial charge on any atom is 0.338 e. The van der Waals surface area contributed by atoms with Gasteiger partial charge in [0.25, 0.3) is 5.56 Å². The Bertz CT molecular complexity index is 1440. The standard InChI is InChI=1S/C24H20BrClN2O4S/c1-4-32-23(30)20-13(2)27-24-28(21(20)14-5-8-17(26)9-6-14)22(29)19(33-24)12-15-11-16(25)7-10-18(15)31-3/h5-12,21H,4H2,1-3H3. The third-order valence-electron chi connectivity index (χ3n) is 5.18. The fraction of sp³-hybridized carbons (Fsp3) is 0.208. The van der Waals surface area contributed by atoms with Crippen molar-refractivity contribution < 1.29 is 14.3 Å². The first-order valence-corrected chi connectivity index (χ1v) is 12.1. The van der Waals surface area contributed by atoms with Crippen molar-refractivity contribution >= 4 is 50.9 Å². The molecule has 170 valence electrons. The average molecular weight is 548 g/mol. The third-order valence-corrected chi connectivity index (χ3v) is 6.91. The van der Waals surface area contributed by atoms with E-state index >= 15 is 0 Å². The van der Waals surface area contributed by atoms with E-state index in [4.69, 9.17) is 21.1 Å². The molecular weight excluding hydrogens is 528 g/mol. The number of rotatable bonds is 5. The Labute approximate surface area is 207 Å². The monoisotopic (exact) mass is 546 g/mol. The van der Waals surface area contributed by atoms with Crippen LogP contribution in [-0.4, -0.2) is 24.3 Å². The van der Waals surface area contributed by atoms with Crippen molar-refractivity contribution in [3.63, 3.8) is 0 Å². The van der Waals surface area contributed by atoms with Gasteiger partial charge in [-0.2, -0.15) is 0 Å². The lowest BCUT2D eigenvalue weighted by atomic mass is 9.96. The van der Waals surface area contributed by atoms with Gasteiger partial charge in [0, 0.05) is 15.1 Å². The number of aromatic nitrogens is 1. The number of hydrogen-bond donors (Lipinski definition) is 0. The number of allylic oxidation sites excluding steroid dienone is 1. The molecule has 1 aliphatic heterocycles. The highest BCUT2D eigenvalue weighted by molar-refractivity contribution is 9.10. The van der Waals surface area contributed by atoms with E-state index in [1.54, 1.807) is 55.9 Å². The van der Waals surface area contributed by atoms with E-state index in [2.05, 4.69) is 20.9 Å². The molecule has 33 heavy (non-hydrogen) atoms. The van der Waals surface area contributed by atoms with Crippen LogP contribution in [0.15, 0.2) is 68.0 Å². The molecule has 1 aromatic heterocycles. The van der Waals surface area contributed by atoms with Crippen LogP contribution < -0.4 is 19.6 Å². The molecule has 1 unspecified atom stereocenters. The molecule has 2 aromatic carbocycles. The van der Waals surface area contributed by atoms with Gasteiger partial charge in [-0.3, -0.25) is 9.36 Å². The Morgan fingerprint density at radius 1 is 1.27 bits per heavy atom. The number of halogens is 2. The SMILES string of the molecule is CCOC(=O)C1=C(C)N=c2sc(=Cc3cc(Br)ccc3OC)c(=O)n2C1c1ccc(Cl)cc1. The van der Waals surface area contributed by atoms with Gasteiger partial charge in [-0.15, -0.1) is 0 Å². The Morgan fingerprint density at radius 2 is 2.00 bits per heavy atom. The van der Waals surface area contributed by atoms with Crippen molar-refractivity contribution in [3.05, 3.63) is 94.0 Å². The van der Waals surface area contributed by atoms with E-state index in [0.29, 0.717) is 31.4 Å². The molecule has 0 fully saturated rings. The van der Waals surface area contributed by atoms with Crippen LogP contribution in [0.4, 0.5) is 0 Å². The van der Waals surface area contributed by atoms with Gasteiger partial charge in [-0.25, -0.2) is 9.79 Å². The molecule has 0 aliphatic carbocycles. The predicted octanol–water partition coefficient (Wildman–Crippen LogP) is 4.22. The highest BCUT2D eigenvalue weighted by Crippen LogP contribution is 2.31. The maximum absolute atomic E-state index is 13.6. The number of esters is 1. The zero-order valence-electron chi connectivity index (χ0n) is 18.1. The Morgan fingerprint density at radius 3 is 2.67 bits per heavy atom. The number of ether oxygens (including phenoxy) is 2. The van der Waals surface area contributed by atoms with Crippen LogP contribution in [0.2, 0.25) is 5.02 Å². The Hall–Kier alpha value is -2.68. The van der Waals surface area contributed by atoms with Crippen LogP contribution in [-0.2, 0) is 9.53 Å². The quantitative estimate of drug-likeness (QED) is 0.449. The summed E-state index contributed by atoms with van der Waals surface area (Å²) in [5.41, 5.74) is 2.08. The molecule has 2 heterocycles. The van der Waals surface area contributed by atoms with Gasteiger partial charge in [0.15, 0.2) is 4.80 Å². The predicted molar refractivity (Wildman–Crippen MR) is 133 cm³/mol. The first kappa shape index (κ1) is 23.5. The van der Waals surface area contributed by atoms with Crippen molar-refractivity contribution in [1.29, 1.82) is 0 Å². The molecule has 1 atom stereocenters. The summed E-state index contributed by atoms with van der Waals surface area (Å²) in [6.07, 6.45) is 1.77. The molecule has 0 radical (unpaired) electrons. The molecule has 0 amide bonds. The minimum atomic E-state index is -0.677. The number of methoxy groups -OCH3 is 1. The summed E-state index contributed by atoms with van der Waals surface area (Å²) in [4.78, 5) is 31.6. The van der Waals surface area contributed by atoms with Crippen molar-refractivity contribution in [2.45, 2.75) is 19.9 Å². The van der Waals surface area contributed by atoms with Crippen LogP contribution in [0, 0.1) is 0 Å². The van der Waals surface area contributed by atoms with Gasteiger partial charge < -0.3 is 9.47 Å². The second-order valence-corrected chi connectivity index (χ2v) is 9.60. The lowest BCUT2D eigenvalue weighted by Gasteiger charge is -2.24. The highest BCUT2D eigenvalue weighted by atomic mass is 79.9. The van der Waals surface area contributed by atoms with Crippen molar-refractivity contribution in [2.75, 3.05) is 13.7 Å². The molecule has 6 nitrogen and oxygen atoms in total. The molecule has 1 aliphatic rings. The minimum absolute atomic E-state index is 0.218. The number of carbonyl (C=O) groups is 1. The summed E-state index contributed by atoms with van der Waals surface area (Å²) in [5.74, 6) is 0.142. The molecule has 3 aromatic rings. The lowest BCUT2D eigenvalue weighted by Crippen LogP contribution is -2.39. The van der Waals surface area contributed by atoms with Crippen LogP contribution in [0.5, 0.6) is 5.75 Å². The van der Waals surface area contributed by atoms with Gasteiger partial charge >= 0.3 is 5.97 Å². The Balaban J connectivity index is 1.97. The summed E-state index contributed by atoms with van der Waals surface area (Å²) in [6, 6.07) is 12.0. The zero-order chi connectivity index (χ0) is 23.7. The fourth-order valence-corrected chi connectivity index (χ4v) is 5.25. The summed E-state index contributed by atoms with van der Waals surface area (Å²) >= 11 is 10.8. The number of carbonyl (C=O) groups excluding carboxylic acids is 1. The molecule has 0 saturated carbocycles. The van der Waals surface area contributed by atoms with Gasteiger partial charge in [0.2, 0.25) is 0 Å². The first-order chi connectivity index (χ1) is 15.8. The van der Waals surface area contributed by atoms with Crippen LogP contribution >= 0.6 is 38.9 Å². The van der Waals surface area contributed by atoms with E-state index in [1.807, 2.05) is 18.2 Å². The third kappa shape index (κ3) is 4.55. The minimum Gasteiger partial charge on any atom is -0.496 e. The van der Waals surface area contributed by atoms with Crippen molar-refractivity contribution in [2.24, 2.45) is 4.99 Å². The maximum atomic E-state index is 13.6. The molecule has 0 spiro atoms. The van der Waals surface area contributed by atoms with Crippen LogP contribution in [0.3, 0.4) is 0 Å². The number of benzene rings is 2. The fourth-order valence-electron chi connectivity index (χ4n) is 3.71. The lowest BCUT2D eigenvalue weighted by molar-refractivity contribution is -0.139. The number of hydrogen-bond acceptors (Lipinski definition) is 6. The Kier molecular flexibility index (Phi) is 6.88. The van der Waals surface area contributed by atoms with E-state index in [9.17, 15) is 9.59 Å². The number of fused-ring (bicyclic) bond motifs is 1. The van der Waals surface area contributed by atoms with Crippen LogP contribution in [0.1, 0.15) is 31.0 Å². The first-order valence-electron chi connectivity index (χ1n) is 10.1. The van der Waals surface area contributed by atoms with E-state index < -0.39 is 12.0 Å². The summed E-state index contributed by atoms with van der Waals surface area (Å²) in [5, 5.41) is 0.561. The molecule has 4 rings (SSSR count). The van der Waals surface area contributed by atoms with Gasteiger partial charge in [0.05, 0.1) is 35.6 Å². The van der Waals surface area contributed by atoms with Gasteiger partial charge in [0.1, 0.15) is 5.75 Å². The molecule has 0 saturated heterocycles. The molecule has 0 N–H and O–H groups in total. The van der Waals surface area contributed by atoms with E-state index in [0.717, 1.165) is 15.6 Å². The topological polar surface area (TPSA) is 69.9 Å². The molecular formula is C24H20BrClN2O4S. The highest BCUT2D eigenvalue weighted by Gasteiger charge is 2.33. The zero-order valence-corrected chi connectivity index (χ0v) is 21.3. The van der Waals surface area contributed by atoms with E-state index in [-0.39, 0.29) is 12.2 Å². The molecule has 9 heteroatoms. The van der Waals surface area contributed by atoms with Gasteiger partial charge in [-0.05, 0) is 55.8 Å². The second kappa shape index (κ2) is 9.67. The van der Waals surface area contributed by atoms with Gasteiger partial charge in [-0.1, -0.05) is 51.0 Å².